The van der Waals surface area contributed by atoms with Crippen molar-refractivity contribution in [2.45, 2.75) is 87.6 Å². The van der Waals surface area contributed by atoms with E-state index >= 15 is 0 Å². The van der Waals surface area contributed by atoms with Crippen LogP contribution >= 0.6 is 23.2 Å². The van der Waals surface area contributed by atoms with E-state index in [1.165, 1.54) is 87.6 Å². The monoisotopic (exact) mass is 321 g/mol. The summed E-state index contributed by atoms with van der Waals surface area (Å²) < 4.78 is 0. The molecule has 0 nitrogen and oxygen atoms in total. The van der Waals surface area contributed by atoms with Gasteiger partial charge >= 0.3 is 0 Å². The van der Waals surface area contributed by atoms with Gasteiger partial charge in [-0.2, -0.15) is 0 Å². The molecule has 0 saturated carbocycles. The second-order valence-corrected chi connectivity index (χ2v) is 7.97. The van der Waals surface area contributed by atoms with Crippen molar-refractivity contribution in [3.8, 4) is 0 Å². The van der Waals surface area contributed by atoms with Crippen molar-refractivity contribution in [3.05, 3.63) is 0 Å². The van der Waals surface area contributed by atoms with Gasteiger partial charge in [0.25, 0.3) is 0 Å². The van der Waals surface area contributed by atoms with E-state index in [2.05, 4.69) is 0 Å². The molecule has 0 aliphatic rings. The minimum atomic E-state index is 0.748. The molecule has 0 atom stereocenters. The third kappa shape index (κ3) is 19.1. The molecule has 0 unspecified atom stereocenters. The first-order valence-corrected chi connectivity index (χ1v) is 11.1. The van der Waals surface area contributed by atoms with Crippen LogP contribution in [-0.4, -0.2) is 27.0 Å². The van der Waals surface area contributed by atoms with Crippen LogP contribution in [-0.2, 0) is 0 Å². The van der Waals surface area contributed by atoms with Crippen molar-refractivity contribution >= 4 is 38.4 Å². The lowest BCUT2D eigenvalue weighted by molar-refractivity contribution is 0.620. The van der Waals surface area contributed by atoms with E-state index in [1.54, 1.807) is 0 Å². The Hall–Kier alpha value is 1.11. The highest BCUT2D eigenvalue weighted by Crippen LogP contribution is 2.11. The van der Waals surface area contributed by atoms with Crippen molar-refractivity contribution in [1.82, 2.24) is 0 Å². The summed E-state index contributed by atoms with van der Waals surface area (Å²) in [5.41, 5.74) is 0. The molecule has 0 amide bonds. The van der Waals surface area contributed by atoms with Crippen LogP contribution < -0.4 is 0 Å². The molecule has 0 aromatic rings. The van der Waals surface area contributed by atoms with Crippen molar-refractivity contribution in [1.29, 1.82) is 0 Å². The van der Waals surface area contributed by atoms with Crippen LogP contribution in [0.25, 0.3) is 0 Å². The van der Waals surface area contributed by atoms with Gasteiger partial charge in [-0.05, 0) is 12.8 Å². The number of unbranched alkanes of at least 4 members (excludes halogenated alkanes) is 10. The van der Waals surface area contributed by atoms with Crippen LogP contribution in [0, 0.1) is 0 Å². The molecule has 0 N–H and O–H groups in total. The summed E-state index contributed by atoms with van der Waals surface area (Å²) in [5.74, 6) is 1.69. The lowest BCUT2D eigenvalue weighted by Gasteiger charge is -2.02. The lowest BCUT2D eigenvalue weighted by Crippen LogP contribution is -1.90. The minimum Gasteiger partial charge on any atom is -0.127 e. The lowest BCUT2D eigenvalue weighted by atomic mass is 10.1. The maximum Gasteiger partial charge on any atom is 0.199 e. The zero-order chi connectivity index (χ0) is 14.0. The van der Waals surface area contributed by atoms with E-state index in [1.807, 2.05) is 0 Å². The van der Waals surface area contributed by atoms with Crippen LogP contribution in [0.4, 0.5) is 0 Å². The van der Waals surface area contributed by atoms with Crippen LogP contribution in [0.2, 0.25) is 10.6 Å². The molecular weight excluding hydrogens is 290 g/mol. The molecular formula is C16H32AlCl2. The van der Waals surface area contributed by atoms with Gasteiger partial charge in [0.15, 0.2) is 15.2 Å². The standard InChI is InChI=1S/2C8H16Cl.Al/c2*1-2-3-4-5-6-7-8-9;/h2*1-8H2;. The van der Waals surface area contributed by atoms with E-state index in [4.69, 9.17) is 23.2 Å². The molecule has 0 aromatic carbocycles. The number of hydrogen-bond acceptors (Lipinski definition) is 0. The highest BCUT2D eigenvalue weighted by molar-refractivity contribution is 6.35. The normalized spacial score (nSPS) is 10.8. The van der Waals surface area contributed by atoms with Gasteiger partial charge in [-0.15, -0.1) is 33.8 Å². The predicted octanol–water partition coefficient (Wildman–Crippen LogP) is 6.69. The summed E-state index contributed by atoms with van der Waals surface area (Å²) in [6, 6.07) is 0. The van der Waals surface area contributed by atoms with Gasteiger partial charge in [0.2, 0.25) is 0 Å². The predicted molar refractivity (Wildman–Crippen MR) is 92.2 cm³/mol. The van der Waals surface area contributed by atoms with E-state index in [0.29, 0.717) is 0 Å². The first kappa shape index (κ1) is 20.1. The summed E-state index contributed by atoms with van der Waals surface area (Å²) >= 11 is 12.1. The van der Waals surface area contributed by atoms with Crippen molar-refractivity contribution in [3.63, 3.8) is 0 Å². The second-order valence-electron chi connectivity index (χ2n) is 5.49. The Bertz CT molecular complexity index is 138. The first-order chi connectivity index (χ1) is 9.41. The van der Waals surface area contributed by atoms with Crippen LogP contribution in [0.3, 0.4) is 0 Å². The molecule has 0 aromatic heterocycles. The first-order valence-electron chi connectivity index (χ1n) is 8.35. The SMILES string of the molecule is ClCCCCCCC[CH2][Al][CH2]CCCCCCCCl. The fraction of sp³-hybridized carbons (Fsp3) is 1.00. The molecule has 3 heteroatoms. The summed E-state index contributed by atoms with van der Waals surface area (Å²) in [5, 5.41) is 3.06. The summed E-state index contributed by atoms with van der Waals surface area (Å²) in [4.78, 5) is 0. The molecule has 1 radical (unpaired) electrons. The molecule has 0 bridgehead atoms. The van der Waals surface area contributed by atoms with Crippen molar-refractivity contribution in [2.75, 3.05) is 11.8 Å². The summed E-state index contributed by atoms with van der Waals surface area (Å²) in [7, 11) is 0. The molecule has 0 rings (SSSR count). The van der Waals surface area contributed by atoms with E-state index in [0.717, 1.165) is 27.0 Å². The largest absolute Gasteiger partial charge is 0.199 e. The van der Waals surface area contributed by atoms with Crippen LogP contribution in [0.15, 0.2) is 0 Å². The van der Waals surface area contributed by atoms with Gasteiger partial charge in [0, 0.05) is 11.8 Å². The third-order valence-corrected chi connectivity index (χ3v) is 5.75. The van der Waals surface area contributed by atoms with Crippen molar-refractivity contribution in [2.24, 2.45) is 0 Å². The van der Waals surface area contributed by atoms with E-state index < -0.39 is 0 Å². The fourth-order valence-corrected chi connectivity index (χ4v) is 4.15. The molecule has 19 heavy (non-hydrogen) atoms. The Morgan fingerprint density at radius 3 is 1.11 bits per heavy atom. The molecule has 113 valence electrons. The number of halogens is 2. The smallest absolute Gasteiger partial charge is 0.127 e. The molecule has 0 aliphatic carbocycles. The Labute approximate surface area is 137 Å². The van der Waals surface area contributed by atoms with Gasteiger partial charge in [0.05, 0.1) is 0 Å². The number of rotatable bonds is 16. The third-order valence-electron chi connectivity index (χ3n) is 3.58. The molecule has 0 aliphatic heterocycles. The van der Waals surface area contributed by atoms with Gasteiger partial charge < -0.3 is 0 Å². The summed E-state index contributed by atoms with van der Waals surface area (Å²) in [6.45, 7) is 0. The topological polar surface area (TPSA) is 0 Å². The second kappa shape index (κ2) is 19.1. The maximum atomic E-state index is 5.66. The number of hydrogen-bond donors (Lipinski definition) is 0. The van der Waals surface area contributed by atoms with Gasteiger partial charge in [-0.3, -0.25) is 0 Å². The van der Waals surface area contributed by atoms with Gasteiger partial charge in [0.1, 0.15) is 0 Å². The minimum absolute atomic E-state index is 0.748. The molecule has 0 saturated heterocycles. The summed E-state index contributed by atoms with van der Waals surface area (Å²) in [6.07, 6.45) is 16.6. The van der Waals surface area contributed by atoms with Crippen LogP contribution in [0.5, 0.6) is 0 Å². The Balaban J connectivity index is 2.88. The highest BCUT2D eigenvalue weighted by atomic mass is 35.5. The zero-order valence-corrected chi connectivity index (χ0v) is 15.3. The molecule has 0 spiro atoms. The molecule has 0 fully saturated rings. The maximum absolute atomic E-state index is 5.66. The highest BCUT2D eigenvalue weighted by Gasteiger charge is 1.95. The quantitative estimate of drug-likeness (QED) is 0.169. The zero-order valence-electron chi connectivity index (χ0n) is 12.6. The average molecular weight is 322 g/mol. The fourth-order valence-electron chi connectivity index (χ4n) is 2.32. The average Bonchev–Trinajstić information content (AvgIpc) is 2.43. The van der Waals surface area contributed by atoms with Gasteiger partial charge in [-0.1, -0.05) is 64.2 Å². The molecule has 0 heterocycles. The van der Waals surface area contributed by atoms with Crippen molar-refractivity contribution < 1.29 is 0 Å². The Morgan fingerprint density at radius 2 is 0.737 bits per heavy atom. The van der Waals surface area contributed by atoms with E-state index in [-0.39, 0.29) is 0 Å². The number of alkyl halides is 2. The van der Waals surface area contributed by atoms with Crippen LogP contribution in [0.1, 0.15) is 77.0 Å². The Morgan fingerprint density at radius 1 is 0.421 bits per heavy atom. The van der Waals surface area contributed by atoms with E-state index in [9.17, 15) is 0 Å². The van der Waals surface area contributed by atoms with Gasteiger partial charge in [-0.25, -0.2) is 0 Å². The Kier molecular flexibility index (Phi) is 20.2.